The summed E-state index contributed by atoms with van der Waals surface area (Å²) in [5.74, 6) is 0. The van der Waals surface area contributed by atoms with Crippen LogP contribution in [0, 0.1) is 0 Å². The number of benzene rings is 2. The first-order valence-corrected chi connectivity index (χ1v) is 8.57. The third-order valence-corrected chi connectivity index (χ3v) is 4.96. The van der Waals surface area contributed by atoms with E-state index in [0.29, 0.717) is 0 Å². The molecule has 6 nitrogen and oxygen atoms in total. The van der Waals surface area contributed by atoms with E-state index in [-0.39, 0.29) is 58.0 Å². The normalized spacial score (nSPS) is 12.6. The molecule has 174 valence electrons. The molecule has 0 fully saturated rings. The van der Waals surface area contributed by atoms with E-state index in [4.69, 9.17) is 11.5 Å². The van der Waals surface area contributed by atoms with Crippen LogP contribution in [-0.4, -0.2) is 26.9 Å². The van der Waals surface area contributed by atoms with Gasteiger partial charge in [-0.1, -0.05) is 12.1 Å². The lowest BCUT2D eigenvalue weighted by atomic mass is 9.86. The zero-order chi connectivity index (χ0) is 21.9. The number of nitrogens with one attached hydrogen (secondary N) is 2. The predicted octanol–water partition coefficient (Wildman–Crippen LogP) is 4.48. The van der Waals surface area contributed by atoms with Gasteiger partial charge in [-0.15, -0.1) is 24.8 Å². The summed E-state index contributed by atoms with van der Waals surface area (Å²) in [6.07, 6.45) is -9.50. The molecule has 0 aliphatic rings. The number of halogens is 8. The first-order valence-electron chi connectivity index (χ1n) is 8.57. The van der Waals surface area contributed by atoms with Crippen molar-refractivity contribution in [1.29, 1.82) is 0 Å². The van der Waals surface area contributed by atoms with E-state index in [0.717, 1.165) is 12.1 Å². The van der Waals surface area contributed by atoms with Crippen LogP contribution in [-0.2, 0) is 17.9 Å². The minimum absolute atomic E-state index is 0. The second kappa shape index (κ2) is 8.43. The van der Waals surface area contributed by atoms with Crippen molar-refractivity contribution in [3.8, 4) is 0 Å². The Bertz CT molecular complexity index is 1150. The van der Waals surface area contributed by atoms with Crippen LogP contribution in [0.25, 0.3) is 21.8 Å². The van der Waals surface area contributed by atoms with Crippen molar-refractivity contribution < 1.29 is 26.3 Å². The number of hydrogen-bond donors (Lipinski definition) is 4. The van der Waals surface area contributed by atoms with E-state index in [1.165, 1.54) is 24.3 Å². The van der Waals surface area contributed by atoms with Gasteiger partial charge in [-0.25, -0.2) is 0 Å². The fraction of sp³-hybridized carbons (Fsp3) is 0.222. The van der Waals surface area contributed by atoms with Crippen LogP contribution in [0.4, 0.5) is 26.3 Å². The summed E-state index contributed by atoms with van der Waals surface area (Å²) in [5, 5.41) is 12.0. The fourth-order valence-electron chi connectivity index (χ4n) is 3.57. The van der Waals surface area contributed by atoms with Crippen LogP contribution < -0.4 is 11.5 Å². The standard InChI is InChI=1S/C18H14F6N6.2ClH/c19-17(20,21)8-3-1-5-10-12(8)14(29-27-10)16(26,7-25)15-13-9(18(22,23)24)4-2-6-11(13)28-30-15;;/h1-6H,7,25-26H2,(H,27,29)(H,28,30);2*1H. The van der Waals surface area contributed by atoms with Crippen molar-refractivity contribution in [3.63, 3.8) is 0 Å². The molecule has 14 heteroatoms. The molecule has 0 aliphatic heterocycles. The van der Waals surface area contributed by atoms with Gasteiger partial charge in [0.2, 0.25) is 0 Å². The lowest BCUT2D eigenvalue weighted by Gasteiger charge is -2.26. The highest BCUT2D eigenvalue weighted by molar-refractivity contribution is 5.90. The lowest BCUT2D eigenvalue weighted by Crippen LogP contribution is -2.46. The molecule has 0 saturated carbocycles. The molecular formula is C18H16Cl2F6N6. The first kappa shape index (κ1) is 25.7. The molecule has 0 amide bonds. The predicted molar refractivity (Wildman–Crippen MR) is 111 cm³/mol. The molecule has 0 unspecified atom stereocenters. The fourth-order valence-corrected chi connectivity index (χ4v) is 3.57. The minimum Gasteiger partial charge on any atom is -0.328 e. The first-order chi connectivity index (χ1) is 14.0. The van der Waals surface area contributed by atoms with Crippen LogP contribution in [0.15, 0.2) is 36.4 Å². The quantitative estimate of drug-likeness (QED) is 0.311. The molecule has 2 aromatic carbocycles. The molecule has 6 N–H and O–H groups in total. The van der Waals surface area contributed by atoms with E-state index in [9.17, 15) is 26.3 Å². The number of nitrogens with zero attached hydrogens (tertiary/aromatic N) is 2. The molecule has 0 spiro atoms. The Morgan fingerprint density at radius 3 is 1.41 bits per heavy atom. The number of alkyl halides is 6. The van der Waals surface area contributed by atoms with Crippen molar-refractivity contribution in [2.24, 2.45) is 11.5 Å². The van der Waals surface area contributed by atoms with Crippen molar-refractivity contribution in [1.82, 2.24) is 20.4 Å². The monoisotopic (exact) mass is 500 g/mol. The van der Waals surface area contributed by atoms with E-state index < -0.39 is 35.6 Å². The third kappa shape index (κ3) is 3.87. The summed E-state index contributed by atoms with van der Waals surface area (Å²) >= 11 is 0. The summed E-state index contributed by atoms with van der Waals surface area (Å²) in [4.78, 5) is 0. The van der Waals surface area contributed by atoms with Gasteiger partial charge in [-0.2, -0.15) is 36.5 Å². The van der Waals surface area contributed by atoms with E-state index in [1.807, 2.05) is 0 Å². The van der Waals surface area contributed by atoms with Gasteiger partial charge in [0.1, 0.15) is 5.54 Å². The Kier molecular flexibility index (Phi) is 6.77. The number of aromatic nitrogens is 4. The highest BCUT2D eigenvalue weighted by Gasteiger charge is 2.43. The second-order valence-corrected chi connectivity index (χ2v) is 6.77. The number of fused-ring (bicyclic) bond motifs is 2. The van der Waals surface area contributed by atoms with Crippen molar-refractivity contribution in [3.05, 3.63) is 58.9 Å². The van der Waals surface area contributed by atoms with Gasteiger partial charge in [-0.3, -0.25) is 10.2 Å². The van der Waals surface area contributed by atoms with Crippen molar-refractivity contribution >= 4 is 46.6 Å². The summed E-state index contributed by atoms with van der Waals surface area (Å²) in [7, 11) is 0. The van der Waals surface area contributed by atoms with E-state index in [2.05, 4.69) is 20.4 Å². The van der Waals surface area contributed by atoms with E-state index in [1.54, 1.807) is 0 Å². The highest BCUT2D eigenvalue weighted by atomic mass is 35.5. The maximum Gasteiger partial charge on any atom is 0.417 e. The minimum atomic E-state index is -4.75. The molecule has 32 heavy (non-hydrogen) atoms. The van der Waals surface area contributed by atoms with Gasteiger partial charge in [-0.05, 0) is 24.3 Å². The lowest BCUT2D eigenvalue weighted by molar-refractivity contribution is -0.137. The number of rotatable bonds is 3. The summed E-state index contributed by atoms with van der Waals surface area (Å²) in [6, 6.07) is 6.73. The molecule has 4 rings (SSSR count). The zero-order valence-electron chi connectivity index (χ0n) is 15.8. The number of H-pyrrole nitrogens is 2. The summed E-state index contributed by atoms with van der Waals surface area (Å²) in [6.45, 7) is -0.550. The van der Waals surface area contributed by atoms with E-state index >= 15 is 0 Å². The molecule has 4 aromatic rings. The van der Waals surface area contributed by atoms with Gasteiger partial charge in [0.15, 0.2) is 0 Å². The van der Waals surface area contributed by atoms with Crippen LogP contribution in [0.2, 0.25) is 0 Å². The van der Waals surface area contributed by atoms with Crippen LogP contribution in [0.1, 0.15) is 22.5 Å². The highest BCUT2D eigenvalue weighted by Crippen LogP contribution is 2.42. The largest absolute Gasteiger partial charge is 0.417 e. The van der Waals surface area contributed by atoms with Crippen molar-refractivity contribution in [2.75, 3.05) is 6.54 Å². The van der Waals surface area contributed by atoms with Gasteiger partial charge >= 0.3 is 12.4 Å². The third-order valence-electron chi connectivity index (χ3n) is 4.96. The molecule has 0 aliphatic carbocycles. The summed E-state index contributed by atoms with van der Waals surface area (Å²) in [5.41, 5.74) is 7.36. The van der Waals surface area contributed by atoms with Gasteiger partial charge < -0.3 is 11.5 Å². The maximum absolute atomic E-state index is 13.6. The summed E-state index contributed by atoms with van der Waals surface area (Å²) < 4.78 is 81.6. The molecule has 2 aromatic heterocycles. The number of aromatic amines is 2. The molecule has 0 saturated heterocycles. The SMILES string of the molecule is Cl.Cl.NCC(N)(c1n[nH]c2cccc(C(F)(F)F)c12)c1n[nH]c2cccc(C(F)(F)F)c12. The van der Waals surface area contributed by atoms with Gasteiger partial charge in [0.05, 0.1) is 33.5 Å². The Morgan fingerprint density at radius 1 is 0.719 bits per heavy atom. The number of hydrogen-bond acceptors (Lipinski definition) is 4. The topological polar surface area (TPSA) is 109 Å². The van der Waals surface area contributed by atoms with Gasteiger partial charge in [0, 0.05) is 17.3 Å². The number of nitrogens with two attached hydrogens (primary N) is 2. The zero-order valence-corrected chi connectivity index (χ0v) is 17.4. The Hall–Kier alpha value is -2.54. The van der Waals surface area contributed by atoms with Crippen LogP contribution >= 0.6 is 24.8 Å². The molecule has 0 bridgehead atoms. The average molecular weight is 501 g/mol. The van der Waals surface area contributed by atoms with Crippen LogP contribution in [0.5, 0.6) is 0 Å². The van der Waals surface area contributed by atoms with Crippen molar-refractivity contribution in [2.45, 2.75) is 17.9 Å². The Labute approximate surface area is 188 Å². The Balaban J connectivity index is 0.00000181. The molecular weight excluding hydrogens is 485 g/mol. The Morgan fingerprint density at radius 2 is 1.09 bits per heavy atom. The second-order valence-electron chi connectivity index (χ2n) is 6.77. The van der Waals surface area contributed by atoms with Crippen LogP contribution in [0.3, 0.4) is 0 Å². The maximum atomic E-state index is 13.6. The molecule has 0 radical (unpaired) electrons. The molecule has 2 heterocycles. The smallest absolute Gasteiger partial charge is 0.328 e. The van der Waals surface area contributed by atoms with Gasteiger partial charge in [0.25, 0.3) is 0 Å². The molecule has 0 atom stereocenters. The average Bonchev–Trinajstić information content (AvgIpc) is 3.30.